The number of aromatic nitrogens is 2. The third-order valence-corrected chi connectivity index (χ3v) is 4.85. The highest BCUT2D eigenvalue weighted by Gasteiger charge is 2.45. The Morgan fingerprint density at radius 2 is 2.12 bits per heavy atom. The molecule has 0 aliphatic carbocycles. The van der Waals surface area contributed by atoms with Crippen LogP contribution in [0.3, 0.4) is 0 Å². The van der Waals surface area contributed by atoms with Crippen LogP contribution in [-0.2, 0) is 18.6 Å². The van der Waals surface area contributed by atoms with E-state index in [-0.39, 0.29) is 5.82 Å². The Hall–Kier alpha value is -1.82. The van der Waals surface area contributed by atoms with Crippen molar-refractivity contribution in [1.82, 2.24) is 9.55 Å². The van der Waals surface area contributed by atoms with Gasteiger partial charge < -0.3 is 35.2 Å². The summed E-state index contributed by atoms with van der Waals surface area (Å²) in [6.07, 6.45) is -5.49. The molecule has 0 bridgehead atoms. The fourth-order valence-corrected chi connectivity index (χ4v) is 3.19. The Balaban J connectivity index is 2.03. The van der Waals surface area contributed by atoms with E-state index in [9.17, 15) is 29.3 Å². The summed E-state index contributed by atoms with van der Waals surface area (Å²) in [4.78, 5) is 35.2. The van der Waals surface area contributed by atoms with Gasteiger partial charge in [-0.2, -0.15) is 4.98 Å². The van der Waals surface area contributed by atoms with E-state index in [4.69, 9.17) is 20.1 Å². The molecule has 25 heavy (non-hydrogen) atoms. The molecule has 12 nitrogen and oxygen atoms in total. The van der Waals surface area contributed by atoms with Crippen molar-refractivity contribution in [3.05, 3.63) is 22.7 Å². The van der Waals surface area contributed by atoms with Gasteiger partial charge in [0.1, 0.15) is 24.1 Å². The molecule has 140 valence electrons. The second-order valence-corrected chi connectivity index (χ2v) is 7.37. The van der Waals surface area contributed by atoms with Crippen molar-refractivity contribution < 1.29 is 38.8 Å². The molecule has 13 heteroatoms. The molecule has 6 N–H and O–H groups in total. The van der Waals surface area contributed by atoms with Crippen LogP contribution in [0.15, 0.2) is 17.1 Å². The molecule has 5 atom stereocenters. The number of nitrogens with zero attached hydrogens (tertiary/aromatic N) is 2. The van der Waals surface area contributed by atoms with Gasteiger partial charge >= 0.3 is 19.3 Å². The summed E-state index contributed by atoms with van der Waals surface area (Å²) >= 11 is 0. The number of nitrogen functional groups attached to an aromatic ring is 1. The van der Waals surface area contributed by atoms with Gasteiger partial charge in [0.05, 0.1) is 19.2 Å². The van der Waals surface area contributed by atoms with Crippen molar-refractivity contribution in [3.63, 3.8) is 0 Å². The van der Waals surface area contributed by atoms with Gasteiger partial charge in [0, 0.05) is 6.20 Å². The minimum atomic E-state index is -4.20. The highest BCUT2D eigenvalue weighted by Crippen LogP contribution is 2.43. The quantitative estimate of drug-likeness (QED) is 0.333. The molecular weight excluding hydrogens is 361 g/mol. The number of carboxylic acids is 1. The van der Waals surface area contributed by atoms with Crippen LogP contribution in [0.5, 0.6) is 0 Å². The van der Waals surface area contributed by atoms with Crippen molar-refractivity contribution >= 4 is 19.4 Å². The number of ether oxygens (including phenoxy) is 1. The lowest BCUT2D eigenvalue weighted by Gasteiger charge is -2.17. The Kier molecular flexibility index (Phi) is 5.93. The van der Waals surface area contributed by atoms with E-state index < -0.39 is 63.0 Å². The Labute approximate surface area is 141 Å². The van der Waals surface area contributed by atoms with Crippen molar-refractivity contribution in [2.45, 2.75) is 31.0 Å². The van der Waals surface area contributed by atoms with E-state index in [2.05, 4.69) is 4.98 Å². The van der Waals surface area contributed by atoms with E-state index in [0.29, 0.717) is 0 Å². The van der Waals surface area contributed by atoms with Crippen molar-refractivity contribution in [3.8, 4) is 0 Å². The number of hydrogen-bond donors (Lipinski definition) is 5. The SMILES string of the molecule is Nc1ccn([C@@H]2O[C@H](COP(=O)(O)CCC(=O)O)[C@@H](O)[C@H]2O)c(=O)n1. The lowest BCUT2D eigenvalue weighted by atomic mass is 10.1. The topological polar surface area (TPSA) is 194 Å². The Morgan fingerprint density at radius 1 is 1.44 bits per heavy atom. The first kappa shape index (κ1) is 19.5. The summed E-state index contributed by atoms with van der Waals surface area (Å²) in [5.41, 5.74) is 4.55. The minimum absolute atomic E-state index is 0.0335. The number of rotatable bonds is 7. The predicted octanol–water partition coefficient (Wildman–Crippen LogP) is -1.88. The molecule has 2 heterocycles. The molecule has 1 aliphatic heterocycles. The molecule has 0 spiro atoms. The van der Waals surface area contributed by atoms with Gasteiger partial charge in [-0.15, -0.1) is 0 Å². The smallest absolute Gasteiger partial charge is 0.351 e. The summed E-state index contributed by atoms with van der Waals surface area (Å²) in [6, 6.07) is 1.29. The predicted molar refractivity (Wildman–Crippen MR) is 81.7 cm³/mol. The summed E-state index contributed by atoms with van der Waals surface area (Å²) in [7, 11) is -4.20. The second kappa shape index (κ2) is 7.60. The molecule has 1 saturated heterocycles. The van der Waals surface area contributed by atoms with Gasteiger partial charge in [-0.05, 0) is 6.07 Å². The maximum Gasteiger partial charge on any atom is 0.351 e. The number of hydrogen-bond acceptors (Lipinski definition) is 9. The normalized spacial score (nSPS) is 28.6. The third-order valence-electron chi connectivity index (χ3n) is 3.51. The number of aliphatic hydroxyl groups is 2. The number of carbonyl (C=O) groups is 1. The van der Waals surface area contributed by atoms with Gasteiger partial charge in [-0.25, -0.2) is 4.79 Å². The first-order valence-electron chi connectivity index (χ1n) is 7.15. The third kappa shape index (κ3) is 4.84. The van der Waals surface area contributed by atoms with Gasteiger partial charge in [-0.1, -0.05) is 0 Å². The van der Waals surface area contributed by atoms with Gasteiger partial charge in [0.2, 0.25) is 0 Å². The molecule has 1 aromatic heterocycles. The fourth-order valence-electron chi connectivity index (χ4n) is 2.21. The first-order chi connectivity index (χ1) is 11.6. The molecule has 1 aromatic rings. The van der Waals surface area contributed by atoms with Crippen LogP contribution in [0.1, 0.15) is 12.6 Å². The largest absolute Gasteiger partial charge is 0.481 e. The zero-order chi connectivity index (χ0) is 18.8. The molecule has 0 aromatic carbocycles. The average molecular weight is 379 g/mol. The lowest BCUT2D eigenvalue weighted by Crippen LogP contribution is -2.36. The number of aliphatic hydroxyl groups excluding tert-OH is 2. The van der Waals surface area contributed by atoms with Crippen molar-refractivity contribution in [2.24, 2.45) is 0 Å². The van der Waals surface area contributed by atoms with Crippen LogP contribution in [0.2, 0.25) is 0 Å². The van der Waals surface area contributed by atoms with Crippen LogP contribution >= 0.6 is 7.60 Å². The highest BCUT2D eigenvalue weighted by atomic mass is 31.2. The van der Waals surface area contributed by atoms with E-state index in [1.165, 1.54) is 12.3 Å². The molecule has 0 radical (unpaired) electrons. The summed E-state index contributed by atoms with van der Waals surface area (Å²) in [5, 5.41) is 28.5. The van der Waals surface area contributed by atoms with Crippen LogP contribution in [0, 0.1) is 0 Å². The molecule has 2 rings (SSSR count). The number of aliphatic carboxylic acids is 1. The minimum Gasteiger partial charge on any atom is -0.481 e. The van der Waals surface area contributed by atoms with Crippen LogP contribution in [-0.4, -0.2) is 66.8 Å². The van der Waals surface area contributed by atoms with E-state index in [0.717, 1.165) is 4.57 Å². The van der Waals surface area contributed by atoms with Gasteiger partial charge in [0.15, 0.2) is 6.23 Å². The number of carboxylic acid groups (broad SMARTS) is 1. The van der Waals surface area contributed by atoms with E-state index in [1.54, 1.807) is 0 Å². The van der Waals surface area contributed by atoms with Crippen LogP contribution in [0.25, 0.3) is 0 Å². The van der Waals surface area contributed by atoms with E-state index in [1.807, 2.05) is 0 Å². The zero-order valence-electron chi connectivity index (χ0n) is 12.8. The zero-order valence-corrected chi connectivity index (χ0v) is 13.7. The van der Waals surface area contributed by atoms with E-state index >= 15 is 0 Å². The van der Waals surface area contributed by atoms with Crippen LogP contribution in [0.4, 0.5) is 5.82 Å². The summed E-state index contributed by atoms with van der Waals surface area (Å²) in [6.45, 7) is -0.584. The highest BCUT2D eigenvalue weighted by molar-refractivity contribution is 7.52. The molecule has 1 aliphatic rings. The van der Waals surface area contributed by atoms with Crippen LogP contribution < -0.4 is 11.4 Å². The maximum atomic E-state index is 11.8. The Bertz CT molecular complexity index is 739. The molecular formula is C12H18N3O9P. The molecule has 0 amide bonds. The lowest BCUT2D eigenvalue weighted by molar-refractivity contribution is -0.136. The fraction of sp³-hybridized carbons (Fsp3) is 0.583. The molecule has 1 fully saturated rings. The number of anilines is 1. The first-order valence-corrected chi connectivity index (χ1v) is 8.91. The van der Waals surface area contributed by atoms with Gasteiger partial charge in [-0.3, -0.25) is 13.9 Å². The summed E-state index contributed by atoms with van der Waals surface area (Å²) in [5.74, 6) is -1.30. The number of nitrogens with two attached hydrogens (primary N) is 1. The molecule has 0 saturated carbocycles. The molecule has 1 unspecified atom stereocenters. The average Bonchev–Trinajstić information content (AvgIpc) is 2.80. The monoisotopic (exact) mass is 379 g/mol. The second-order valence-electron chi connectivity index (χ2n) is 5.39. The van der Waals surface area contributed by atoms with Gasteiger partial charge in [0.25, 0.3) is 0 Å². The van der Waals surface area contributed by atoms with Crippen molar-refractivity contribution in [1.29, 1.82) is 0 Å². The van der Waals surface area contributed by atoms with Crippen molar-refractivity contribution in [2.75, 3.05) is 18.5 Å². The maximum absolute atomic E-state index is 11.8. The standard InChI is InChI=1S/C12H18N3O9P/c13-7-1-3-15(12(20)14-7)11-10(19)9(18)6(24-11)5-23-25(21,22)4-2-8(16)17/h1,3,6,9-11,18-19H,2,4-5H2,(H,16,17)(H,21,22)(H2,13,14,20)/t6-,9-,10-,11-/m1/s1. The summed E-state index contributed by atoms with van der Waals surface area (Å²) < 4.78 is 22.7. The Morgan fingerprint density at radius 3 is 2.72 bits per heavy atom.